The molecule has 0 spiro atoms. The van der Waals surface area contributed by atoms with Crippen LogP contribution in [-0.2, 0) is 0 Å². The first kappa shape index (κ1) is 32.1. The van der Waals surface area contributed by atoms with Gasteiger partial charge in [-0.1, -0.05) is 127 Å². The second-order valence-electron chi connectivity index (χ2n) is 15.0. The number of nitrogens with one attached hydrogen (secondary N) is 1. The number of aromatic amines is 1. The Labute approximate surface area is 333 Å². The van der Waals surface area contributed by atoms with E-state index in [1.54, 1.807) is 0 Å². The van der Waals surface area contributed by atoms with Gasteiger partial charge in [0.1, 0.15) is 0 Å². The van der Waals surface area contributed by atoms with Crippen LogP contribution in [0.15, 0.2) is 200 Å². The molecule has 0 radical (unpaired) electrons. The summed E-state index contributed by atoms with van der Waals surface area (Å²) in [6.07, 6.45) is 0. The van der Waals surface area contributed by atoms with Crippen LogP contribution in [0.3, 0.4) is 0 Å². The van der Waals surface area contributed by atoms with Crippen LogP contribution in [0.5, 0.6) is 0 Å². The predicted octanol–water partition coefficient (Wildman–Crippen LogP) is 16.0. The Morgan fingerprint density at radius 1 is 0.281 bits per heavy atom. The summed E-state index contributed by atoms with van der Waals surface area (Å²) in [6.45, 7) is 0. The largest absolute Gasteiger partial charge is 0.355 e. The molecule has 12 aromatic rings. The van der Waals surface area contributed by atoms with E-state index in [1.807, 2.05) is 11.3 Å². The molecule has 3 heteroatoms. The molecule has 0 aliphatic rings. The van der Waals surface area contributed by atoms with Crippen LogP contribution in [-0.4, -0.2) is 4.98 Å². The molecule has 0 atom stereocenters. The standard InChI is InChI=1S/C54H34N2S/c1-2-10-34(11-3-1)36-20-27-51-48(30-36)49-31-37(21-28-52(49)55-51)35-18-22-38(23-19-35)56(40-25-29-54-50(33-40)46-16-8-9-17-53(46)57-54)39-24-26-45-43-14-5-4-12-41(43)42-13-6-7-15-44(42)47(45)32-39/h1-33,55H. The van der Waals surface area contributed by atoms with Crippen molar-refractivity contribution in [2.45, 2.75) is 0 Å². The van der Waals surface area contributed by atoms with Gasteiger partial charge in [0.2, 0.25) is 0 Å². The van der Waals surface area contributed by atoms with Crippen LogP contribution in [0.1, 0.15) is 0 Å². The monoisotopic (exact) mass is 742 g/mol. The third-order valence-electron chi connectivity index (χ3n) is 11.8. The van der Waals surface area contributed by atoms with Crippen molar-refractivity contribution in [3.63, 3.8) is 0 Å². The van der Waals surface area contributed by atoms with Gasteiger partial charge in [-0.15, -0.1) is 11.3 Å². The molecule has 0 aliphatic heterocycles. The normalized spacial score (nSPS) is 11.9. The fraction of sp³-hybridized carbons (Fsp3) is 0. The number of hydrogen-bond acceptors (Lipinski definition) is 2. The lowest BCUT2D eigenvalue weighted by Crippen LogP contribution is -2.09. The lowest BCUT2D eigenvalue weighted by molar-refractivity contribution is 1.30. The molecule has 0 aliphatic carbocycles. The summed E-state index contributed by atoms with van der Waals surface area (Å²) in [4.78, 5) is 6.07. The van der Waals surface area contributed by atoms with Crippen molar-refractivity contribution in [1.29, 1.82) is 0 Å². The van der Waals surface area contributed by atoms with Gasteiger partial charge in [-0.05, 0) is 127 Å². The second-order valence-corrected chi connectivity index (χ2v) is 16.1. The Bertz CT molecular complexity index is 3490. The average Bonchev–Trinajstić information content (AvgIpc) is 3.84. The van der Waals surface area contributed by atoms with Gasteiger partial charge in [-0.2, -0.15) is 0 Å². The molecule has 10 aromatic carbocycles. The molecular weight excluding hydrogens is 709 g/mol. The number of H-pyrrole nitrogens is 1. The smallest absolute Gasteiger partial charge is 0.0468 e. The molecule has 57 heavy (non-hydrogen) atoms. The lowest BCUT2D eigenvalue weighted by atomic mass is 9.94. The molecule has 0 saturated carbocycles. The minimum absolute atomic E-state index is 1.11. The van der Waals surface area contributed by atoms with E-state index >= 15 is 0 Å². The first-order valence-corrected chi connectivity index (χ1v) is 20.3. The number of thiophene rings is 1. The molecular formula is C54H34N2S. The quantitative estimate of drug-likeness (QED) is 0.174. The minimum atomic E-state index is 1.11. The molecule has 12 rings (SSSR count). The Hall–Kier alpha value is -7.20. The zero-order valence-electron chi connectivity index (χ0n) is 30.9. The van der Waals surface area contributed by atoms with Crippen molar-refractivity contribution in [3.8, 4) is 22.3 Å². The summed E-state index contributed by atoms with van der Waals surface area (Å²) in [5.41, 5.74) is 10.5. The number of nitrogens with zero attached hydrogens (tertiary/aromatic N) is 1. The molecule has 2 aromatic heterocycles. The van der Waals surface area contributed by atoms with E-state index in [1.165, 1.54) is 85.5 Å². The number of aromatic nitrogens is 1. The Balaban J connectivity index is 1.01. The van der Waals surface area contributed by atoms with E-state index < -0.39 is 0 Å². The van der Waals surface area contributed by atoms with E-state index in [-0.39, 0.29) is 0 Å². The number of rotatable bonds is 5. The average molecular weight is 743 g/mol. The minimum Gasteiger partial charge on any atom is -0.355 e. The highest BCUT2D eigenvalue weighted by Gasteiger charge is 2.18. The number of hydrogen-bond donors (Lipinski definition) is 1. The molecule has 0 unspecified atom stereocenters. The highest BCUT2D eigenvalue weighted by Crippen LogP contribution is 2.44. The Kier molecular flexibility index (Phi) is 7.13. The molecule has 0 bridgehead atoms. The van der Waals surface area contributed by atoms with Crippen molar-refractivity contribution < 1.29 is 0 Å². The zero-order chi connectivity index (χ0) is 37.5. The van der Waals surface area contributed by atoms with Crippen LogP contribution < -0.4 is 4.90 Å². The highest BCUT2D eigenvalue weighted by atomic mass is 32.1. The summed E-state index contributed by atoms with van der Waals surface area (Å²) >= 11 is 1.86. The fourth-order valence-electron chi connectivity index (χ4n) is 9.03. The summed E-state index contributed by atoms with van der Waals surface area (Å²) in [6, 6.07) is 73.6. The Morgan fingerprint density at radius 2 is 0.737 bits per heavy atom. The third-order valence-corrected chi connectivity index (χ3v) is 12.9. The number of benzene rings is 10. The van der Waals surface area contributed by atoms with Crippen molar-refractivity contribution in [1.82, 2.24) is 4.98 Å². The van der Waals surface area contributed by atoms with Gasteiger partial charge < -0.3 is 9.88 Å². The van der Waals surface area contributed by atoms with Crippen molar-refractivity contribution in [3.05, 3.63) is 200 Å². The van der Waals surface area contributed by atoms with Crippen LogP contribution >= 0.6 is 11.3 Å². The fourth-order valence-corrected chi connectivity index (χ4v) is 10.1. The second kappa shape index (κ2) is 12.7. The number of anilines is 3. The maximum Gasteiger partial charge on any atom is 0.0468 e. The zero-order valence-corrected chi connectivity index (χ0v) is 31.7. The molecule has 266 valence electrons. The Morgan fingerprint density at radius 3 is 1.39 bits per heavy atom. The van der Waals surface area contributed by atoms with Crippen LogP contribution in [0.25, 0.3) is 96.5 Å². The van der Waals surface area contributed by atoms with Gasteiger partial charge in [0.15, 0.2) is 0 Å². The van der Waals surface area contributed by atoms with E-state index in [4.69, 9.17) is 0 Å². The summed E-state index contributed by atoms with van der Waals surface area (Å²) in [5, 5.41) is 12.7. The van der Waals surface area contributed by atoms with E-state index in [0.29, 0.717) is 0 Å². The van der Waals surface area contributed by atoms with Gasteiger partial charge in [-0.25, -0.2) is 0 Å². The van der Waals surface area contributed by atoms with E-state index in [0.717, 1.165) is 28.1 Å². The summed E-state index contributed by atoms with van der Waals surface area (Å²) < 4.78 is 2.61. The van der Waals surface area contributed by atoms with Crippen LogP contribution in [0.4, 0.5) is 17.1 Å². The predicted molar refractivity (Wildman–Crippen MR) is 247 cm³/mol. The molecule has 2 heterocycles. The van der Waals surface area contributed by atoms with E-state index in [2.05, 4.69) is 210 Å². The van der Waals surface area contributed by atoms with E-state index in [9.17, 15) is 0 Å². The van der Waals surface area contributed by atoms with Gasteiger partial charge in [0, 0.05) is 59.0 Å². The lowest BCUT2D eigenvalue weighted by Gasteiger charge is -2.26. The van der Waals surface area contributed by atoms with Crippen molar-refractivity contribution >= 4 is 103 Å². The topological polar surface area (TPSA) is 19.0 Å². The van der Waals surface area contributed by atoms with Gasteiger partial charge >= 0.3 is 0 Å². The van der Waals surface area contributed by atoms with Gasteiger partial charge in [0.05, 0.1) is 0 Å². The van der Waals surface area contributed by atoms with Crippen LogP contribution in [0, 0.1) is 0 Å². The molecule has 0 amide bonds. The van der Waals surface area contributed by atoms with Crippen molar-refractivity contribution in [2.75, 3.05) is 4.90 Å². The highest BCUT2D eigenvalue weighted by molar-refractivity contribution is 7.25. The third kappa shape index (κ3) is 5.17. The first-order chi connectivity index (χ1) is 28.2. The molecule has 0 fully saturated rings. The molecule has 2 nitrogen and oxygen atoms in total. The number of fused-ring (bicyclic) bond motifs is 12. The molecule has 1 N–H and O–H groups in total. The van der Waals surface area contributed by atoms with Gasteiger partial charge in [0.25, 0.3) is 0 Å². The van der Waals surface area contributed by atoms with Crippen molar-refractivity contribution in [2.24, 2.45) is 0 Å². The maximum atomic E-state index is 3.64. The molecule has 0 saturated heterocycles. The SMILES string of the molecule is c1ccc(-c2ccc3[nH]c4ccc(-c5ccc(N(c6ccc7sc8ccccc8c7c6)c6ccc7c8ccccc8c8ccccc8c7c6)cc5)cc4c3c2)cc1. The summed E-state index contributed by atoms with van der Waals surface area (Å²) in [7, 11) is 0. The first-order valence-electron chi connectivity index (χ1n) is 19.5. The van der Waals surface area contributed by atoms with Gasteiger partial charge in [-0.3, -0.25) is 0 Å². The summed E-state index contributed by atoms with van der Waals surface area (Å²) in [5.74, 6) is 0. The maximum absolute atomic E-state index is 3.64. The van der Waals surface area contributed by atoms with Crippen LogP contribution in [0.2, 0.25) is 0 Å².